The lowest BCUT2D eigenvalue weighted by atomic mass is 9.84. The van der Waals surface area contributed by atoms with Gasteiger partial charge in [0.15, 0.2) is 0 Å². The highest BCUT2D eigenvalue weighted by molar-refractivity contribution is 5.80. The summed E-state index contributed by atoms with van der Waals surface area (Å²) in [6.07, 6.45) is 3.12. The number of fused-ring (bicyclic) bond motifs is 3. The average Bonchev–Trinajstić information content (AvgIpc) is 3.48. The Bertz CT molecular complexity index is 929. The molecule has 4 nitrogen and oxygen atoms in total. The number of hydrogen-bond acceptors (Lipinski definition) is 3. The second-order valence-corrected chi connectivity index (χ2v) is 8.77. The van der Waals surface area contributed by atoms with E-state index in [2.05, 4.69) is 10.2 Å². The molecule has 0 unspecified atom stereocenters. The van der Waals surface area contributed by atoms with E-state index in [1.165, 1.54) is 31.0 Å². The number of ether oxygens (including phenoxy) is 1. The molecule has 3 aliphatic rings. The molecule has 6 heteroatoms. The molecule has 2 heterocycles. The highest BCUT2D eigenvalue weighted by Crippen LogP contribution is 2.49. The van der Waals surface area contributed by atoms with Gasteiger partial charge in [-0.15, -0.1) is 0 Å². The lowest BCUT2D eigenvalue weighted by Crippen LogP contribution is -2.38. The van der Waals surface area contributed by atoms with E-state index < -0.39 is 0 Å². The molecule has 2 aromatic rings. The highest BCUT2D eigenvalue weighted by Gasteiger charge is 2.49. The zero-order valence-electron chi connectivity index (χ0n) is 16.8. The Morgan fingerprint density at radius 1 is 1.10 bits per heavy atom. The molecular formula is C24H26F2N2O2. The lowest BCUT2D eigenvalue weighted by molar-refractivity contribution is -0.126. The van der Waals surface area contributed by atoms with Gasteiger partial charge in [0.1, 0.15) is 17.4 Å². The summed E-state index contributed by atoms with van der Waals surface area (Å²) < 4.78 is 33.0. The zero-order chi connectivity index (χ0) is 20.7. The van der Waals surface area contributed by atoms with Gasteiger partial charge in [0.2, 0.25) is 5.91 Å². The first-order chi connectivity index (χ1) is 14.6. The molecule has 0 radical (unpaired) electrons. The Kier molecular flexibility index (Phi) is 5.19. The number of rotatable bonds is 6. The summed E-state index contributed by atoms with van der Waals surface area (Å²) in [5.74, 6) is 0.749. The number of carbonyl (C=O) groups excluding carboxylic acids is 1. The van der Waals surface area contributed by atoms with Crippen LogP contribution in [0.15, 0.2) is 42.5 Å². The van der Waals surface area contributed by atoms with Crippen LogP contribution < -0.4 is 10.1 Å². The highest BCUT2D eigenvalue weighted by atomic mass is 19.1. The lowest BCUT2D eigenvalue weighted by Gasteiger charge is -2.34. The maximum absolute atomic E-state index is 14.0. The quantitative estimate of drug-likeness (QED) is 0.787. The van der Waals surface area contributed by atoms with Gasteiger partial charge < -0.3 is 10.1 Å². The Hall–Kier alpha value is -2.47. The second-order valence-electron chi connectivity index (χ2n) is 8.77. The van der Waals surface area contributed by atoms with Gasteiger partial charge in [-0.05, 0) is 61.1 Å². The van der Waals surface area contributed by atoms with Gasteiger partial charge in [-0.1, -0.05) is 12.1 Å². The Balaban J connectivity index is 1.29. The summed E-state index contributed by atoms with van der Waals surface area (Å²) in [6, 6.07) is 11.1. The van der Waals surface area contributed by atoms with Crippen LogP contribution in [0.5, 0.6) is 5.75 Å². The molecule has 2 fully saturated rings. The predicted octanol–water partition coefficient (Wildman–Crippen LogP) is 3.72. The number of amides is 1. The second kappa shape index (κ2) is 7.99. The van der Waals surface area contributed by atoms with Crippen molar-refractivity contribution in [2.45, 2.75) is 25.3 Å². The third-order valence-electron chi connectivity index (χ3n) is 6.62. The molecule has 0 aromatic heterocycles. The third kappa shape index (κ3) is 3.93. The number of nitrogens with one attached hydrogen (secondary N) is 1. The summed E-state index contributed by atoms with van der Waals surface area (Å²) in [4.78, 5) is 15.4. The Labute approximate surface area is 175 Å². The van der Waals surface area contributed by atoms with Crippen LogP contribution in [-0.2, 0) is 11.2 Å². The third-order valence-corrected chi connectivity index (χ3v) is 6.62. The minimum absolute atomic E-state index is 0.0175. The van der Waals surface area contributed by atoms with E-state index in [0.29, 0.717) is 32.0 Å². The van der Waals surface area contributed by atoms with E-state index in [1.54, 1.807) is 24.3 Å². The van der Waals surface area contributed by atoms with Crippen molar-refractivity contribution >= 4 is 5.91 Å². The van der Waals surface area contributed by atoms with Crippen LogP contribution in [0, 0.1) is 29.4 Å². The van der Waals surface area contributed by atoms with E-state index in [1.807, 2.05) is 0 Å². The SMILES string of the molecule is O=C(NCCc1ccc(F)cc1)[C@@H]1CN(CC2CC2)[C@H]2c3cc(F)ccc3OC[C@@H]12. The van der Waals surface area contributed by atoms with Crippen molar-refractivity contribution in [1.82, 2.24) is 10.2 Å². The summed E-state index contributed by atoms with van der Waals surface area (Å²) in [7, 11) is 0. The van der Waals surface area contributed by atoms with Crippen molar-refractivity contribution < 1.29 is 18.3 Å². The van der Waals surface area contributed by atoms with Crippen LogP contribution in [0.4, 0.5) is 8.78 Å². The van der Waals surface area contributed by atoms with Gasteiger partial charge in [0, 0.05) is 37.2 Å². The van der Waals surface area contributed by atoms with Crippen LogP contribution in [0.1, 0.15) is 30.0 Å². The van der Waals surface area contributed by atoms with E-state index in [-0.39, 0.29) is 35.4 Å². The Morgan fingerprint density at radius 3 is 2.63 bits per heavy atom. The number of nitrogens with zero attached hydrogens (tertiary/aromatic N) is 1. The number of hydrogen-bond donors (Lipinski definition) is 1. The Morgan fingerprint density at radius 2 is 1.87 bits per heavy atom. The maximum atomic E-state index is 14.0. The molecule has 1 saturated heterocycles. The minimum atomic E-state index is -0.267. The number of carbonyl (C=O) groups is 1. The summed E-state index contributed by atoms with van der Waals surface area (Å²) in [5.41, 5.74) is 1.86. The number of likely N-dealkylation sites (tertiary alicyclic amines) is 1. The van der Waals surface area contributed by atoms with Crippen molar-refractivity contribution in [2.75, 3.05) is 26.2 Å². The minimum Gasteiger partial charge on any atom is -0.493 e. The first kappa shape index (κ1) is 19.5. The van der Waals surface area contributed by atoms with Crippen molar-refractivity contribution in [3.05, 3.63) is 65.2 Å². The largest absolute Gasteiger partial charge is 0.493 e. The molecule has 1 saturated carbocycles. The average molecular weight is 412 g/mol. The van der Waals surface area contributed by atoms with E-state index in [9.17, 15) is 13.6 Å². The fourth-order valence-electron chi connectivity index (χ4n) is 4.90. The van der Waals surface area contributed by atoms with Crippen LogP contribution in [-0.4, -0.2) is 37.0 Å². The standard InChI is InChI=1S/C24H26F2N2O2/c25-17-5-3-15(4-6-17)9-10-27-24(29)20-13-28(12-16-1-2-16)23-19-11-18(26)7-8-22(19)30-14-21(20)23/h3-8,11,16,20-21,23H,1-2,9-10,12-14H2,(H,27,29)/t20-,21+,23+/m1/s1. The number of benzene rings is 2. The fraction of sp³-hybridized carbons (Fsp3) is 0.458. The normalized spacial score (nSPS) is 25.3. The molecular weight excluding hydrogens is 386 g/mol. The van der Waals surface area contributed by atoms with Crippen LogP contribution >= 0.6 is 0 Å². The zero-order valence-corrected chi connectivity index (χ0v) is 16.8. The van der Waals surface area contributed by atoms with Crippen molar-refractivity contribution in [3.63, 3.8) is 0 Å². The predicted molar refractivity (Wildman–Crippen MR) is 109 cm³/mol. The first-order valence-electron chi connectivity index (χ1n) is 10.8. The monoisotopic (exact) mass is 412 g/mol. The van der Waals surface area contributed by atoms with Crippen molar-refractivity contribution in [2.24, 2.45) is 17.8 Å². The molecule has 158 valence electrons. The van der Waals surface area contributed by atoms with Gasteiger partial charge in [0.25, 0.3) is 0 Å². The summed E-state index contributed by atoms with van der Waals surface area (Å²) in [6.45, 7) is 2.61. The molecule has 30 heavy (non-hydrogen) atoms. The molecule has 0 spiro atoms. The van der Waals surface area contributed by atoms with Crippen LogP contribution in [0.2, 0.25) is 0 Å². The molecule has 3 atom stereocenters. The molecule has 1 amide bonds. The van der Waals surface area contributed by atoms with Crippen molar-refractivity contribution in [3.8, 4) is 5.75 Å². The molecule has 1 N–H and O–H groups in total. The molecule has 0 bridgehead atoms. The van der Waals surface area contributed by atoms with E-state index >= 15 is 0 Å². The van der Waals surface area contributed by atoms with Gasteiger partial charge in [-0.2, -0.15) is 0 Å². The van der Waals surface area contributed by atoms with Gasteiger partial charge in [-0.3, -0.25) is 9.69 Å². The summed E-state index contributed by atoms with van der Waals surface area (Å²) >= 11 is 0. The fourth-order valence-corrected chi connectivity index (χ4v) is 4.90. The van der Waals surface area contributed by atoms with E-state index in [0.717, 1.165) is 23.4 Å². The molecule has 5 rings (SSSR count). The van der Waals surface area contributed by atoms with Crippen LogP contribution in [0.3, 0.4) is 0 Å². The van der Waals surface area contributed by atoms with Gasteiger partial charge in [0.05, 0.1) is 12.5 Å². The van der Waals surface area contributed by atoms with Crippen molar-refractivity contribution in [1.29, 1.82) is 0 Å². The first-order valence-corrected chi connectivity index (χ1v) is 10.8. The topological polar surface area (TPSA) is 41.6 Å². The van der Waals surface area contributed by atoms with Gasteiger partial charge >= 0.3 is 0 Å². The summed E-state index contributed by atoms with van der Waals surface area (Å²) in [5, 5.41) is 3.06. The number of halogens is 2. The molecule has 1 aliphatic carbocycles. The molecule has 2 aliphatic heterocycles. The molecule has 2 aromatic carbocycles. The van der Waals surface area contributed by atoms with E-state index in [4.69, 9.17) is 4.74 Å². The maximum Gasteiger partial charge on any atom is 0.224 e. The smallest absolute Gasteiger partial charge is 0.224 e. The van der Waals surface area contributed by atoms with Crippen LogP contribution in [0.25, 0.3) is 0 Å². The van der Waals surface area contributed by atoms with Gasteiger partial charge in [-0.25, -0.2) is 8.78 Å².